The molecule has 0 spiro atoms. The molecule has 0 aromatic heterocycles. The molecule has 5 nitrogen and oxygen atoms in total. The second-order valence-corrected chi connectivity index (χ2v) is 5.65. The predicted molar refractivity (Wildman–Crippen MR) is 96.1 cm³/mol. The lowest BCUT2D eigenvalue weighted by Gasteiger charge is -2.13. The molecule has 1 aliphatic rings. The van der Waals surface area contributed by atoms with E-state index in [2.05, 4.69) is 29.6 Å². The zero-order valence-corrected chi connectivity index (χ0v) is 14.5. The normalized spacial score (nSPS) is 11.6. The van der Waals surface area contributed by atoms with E-state index in [1.54, 1.807) is 0 Å². The first-order valence-electron chi connectivity index (χ1n) is 8.27. The first kappa shape index (κ1) is 18.7. The number of nitrogens with one attached hydrogen (secondary N) is 1. The van der Waals surface area contributed by atoms with Gasteiger partial charge in [-0.05, 0) is 29.2 Å². The minimum absolute atomic E-state index is 0.0394. The number of ether oxygens (including phenoxy) is 1. The highest BCUT2D eigenvalue weighted by Crippen LogP contribution is 2.44. The lowest BCUT2D eigenvalue weighted by Crippen LogP contribution is -2.18. The van der Waals surface area contributed by atoms with Crippen LogP contribution in [0.2, 0.25) is 0 Å². The molecular weight excluding hydrogens is 318 g/mol. The number of hydrogen-bond donors (Lipinski definition) is 2. The Morgan fingerprint density at radius 1 is 1.04 bits per heavy atom. The summed E-state index contributed by atoms with van der Waals surface area (Å²) in [5.41, 5.74) is 4.75. The van der Waals surface area contributed by atoms with Crippen LogP contribution in [0, 0.1) is 0 Å². The monoisotopic (exact) mass is 341 g/mol. The van der Waals surface area contributed by atoms with Crippen LogP contribution in [0.3, 0.4) is 0 Å². The molecule has 1 amide bonds. The highest BCUT2D eigenvalue weighted by atomic mass is 16.5. The van der Waals surface area contributed by atoms with E-state index in [0.717, 1.165) is 6.54 Å². The number of carbonyl (C=O) groups excluding carboxylic acids is 2. The summed E-state index contributed by atoms with van der Waals surface area (Å²) in [6.45, 7) is 3.82. The largest absolute Gasteiger partial charge is 0.463 e. The maximum Gasteiger partial charge on any atom is 0.331 e. The maximum atomic E-state index is 11.1. The Bertz CT molecular complexity index is 696. The number of carbonyl (C=O) groups is 2. The Hall–Kier alpha value is -2.66. The van der Waals surface area contributed by atoms with Gasteiger partial charge in [0.1, 0.15) is 13.2 Å². The van der Waals surface area contributed by atoms with Crippen molar-refractivity contribution in [3.8, 4) is 11.1 Å². The van der Waals surface area contributed by atoms with Crippen LogP contribution in [0.25, 0.3) is 11.1 Å². The fraction of sp³-hybridized carbons (Fsp3) is 0.300. The van der Waals surface area contributed by atoms with Gasteiger partial charge >= 0.3 is 5.97 Å². The summed E-state index contributed by atoms with van der Waals surface area (Å²) < 4.78 is 5.10. The average molecular weight is 341 g/mol. The number of hydrogen-bond acceptors (Lipinski definition) is 4. The van der Waals surface area contributed by atoms with Crippen molar-refractivity contribution >= 4 is 11.9 Å². The average Bonchev–Trinajstić information content (AvgIpc) is 2.94. The number of aliphatic hydroxyl groups excluding tert-OH is 1. The van der Waals surface area contributed by atoms with Crippen molar-refractivity contribution in [2.45, 2.75) is 19.8 Å². The number of amides is 1. The standard InChI is InChI=1S/C16H14O3.C4H9NO/c17-9-16(18)19-10-15-13-7-3-1-5-11(13)12-6-2-4-8-14(12)15;1-3-5-4(2)6/h1-8,15,17H,9-10H2;3H2,1-2H3,(H,5,6). The molecule has 0 heterocycles. The van der Waals surface area contributed by atoms with Crippen molar-refractivity contribution in [2.24, 2.45) is 0 Å². The highest BCUT2D eigenvalue weighted by molar-refractivity contribution is 5.79. The Morgan fingerprint density at radius 3 is 1.96 bits per heavy atom. The second-order valence-electron chi connectivity index (χ2n) is 5.65. The van der Waals surface area contributed by atoms with Crippen LogP contribution in [0.5, 0.6) is 0 Å². The van der Waals surface area contributed by atoms with Gasteiger partial charge in [0.15, 0.2) is 0 Å². The zero-order valence-electron chi connectivity index (χ0n) is 14.5. The summed E-state index contributed by atoms with van der Waals surface area (Å²) in [7, 11) is 0. The Labute approximate surface area is 147 Å². The summed E-state index contributed by atoms with van der Waals surface area (Å²) in [6, 6.07) is 16.3. The molecule has 5 heteroatoms. The van der Waals surface area contributed by atoms with E-state index in [1.807, 2.05) is 31.2 Å². The van der Waals surface area contributed by atoms with Crippen LogP contribution in [0.1, 0.15) is 30.9 Å². The van der Waals surface area contributed by atoms with E-state index in [1.165, 1.54) is 29.2 Å². The molecule has 3 rings (SSSR count). The van der Waals surface area contributed by atoms with E-state index in [4.69, 9.17) is 9.84 Å². The van der Waals surface area contributed by atoms with Gasteiger partial charge in [-0.25, -0.2) is 4.79 Å². The molecule has 1 aliphatic carbocycles. The van der Waals surface area contributed by atoms with Crippen molar-refractivity contribution in [3.05, 3.63) is 59.7 Å². The van der Waals surface area contributed by atoms with Gasteiger partial charge in [0, 0.05) is 19.4 Å². The number of rotatable bonds is 4. The van der Waals surface area contributed by atoms with Gasteiger partial charge in [-0.1, -0.05) is 48.5 Å². The van der Waals surface area contributed by atoms with Gasteiger partial charge in [0.25, 0.3) is 0 Å². The molecule has 132 valence electrons. The summed E-state index contributed by atoms with van der Waals surface area (Å²) in [4.78, 5) is 21.1. The Balaban J connectivity index is 0.000000326. The lowest BCUT2D eigenvalue weighted by atomic mass is 9.98. The lowest BCUT2D eigenvalue weighted by molar-refractivity contribution is -0.147. The first-order chi connectivity index (χ1) is 12.1. The number of fused-ring (bicyclic) bond motifs is 3. The van der Waals surface area contributed by atoms with Crippen LogP contribution in [0.15, 0.2) is 48.5 Å². The van der Waals surface area contributed by atoms with Gasteiger partial charge in [0.05, 0.1) is 0 Å². The molecule has 25 heavy (non-hydrogen) atoms. The zero-order chi connectivity index (χ0) is 18.2. The van der Waals surface area contributed by atoms with Crippen molar-refractivity contribution in [1.29, 1.82) is 0 Å². The molecule has 0 atom stereocenters. The van der Waals surface area contributed by atoms with Crippen LogP contribution >= 0.6 is 0 Å². The molecule has 0 saturated heterocycles. The van der Waals surface area contributed by atoms with Crippen molar-refractivity contribution < 1.29 is 19.4 Å². The quantitative estimate of drug-likeness (QED) is 0.838. The summed E-state index contributed by atoms with van der Waals surface area (Å²) in [5, 5.41) is 11.3. The molecule has 2 N–H and O–H groups in total. The molecule has 2 aromatic rings. The second kappa shape index (κ2) is 8.99. The number of aliphatic hydroxyl groups is 1. The topological polar surface area (TPSA) is 75.6 Å². The van der Waals surface area contributed by atoms with Crippen molar-refractivity contribution in [3.63, 3.8) is 0 Å². The fourth-order valence-corrected chi connectivity index (χ4v) is 2.91. The molecular formula is C20H23NO4. The van der Waals surface area contributed by atoms with Crippen LogP contribution in [-0.2, 0) is 14.3 Å². The third kappa shape index (κ3) is 4.67. The fourth-order valence-electron chi connectivity index (χ4n) is 2.91. The van der Waals surface area contributed by atoms with Crippen molar-refractivity contribution in [2.75, 3.05) is 19.8 Å². The molecule has 0 radical (unpaired) electrons. The molecule has 0 unspecified atom stereocenters. The van der Waals surface area contributed by atoms with Crippen LogP contribution < -0.4 is 5.32 Å². The molecule has 2 aromatic carbocycles. The van der Waals surface area contributed by atoms with Crippen LogP contribution in [0.4, 0.5) is 0 Å². The van der Waals surface area contributed by atoms with Crippen LogP contribution in [-0.4, -0.2) is 36.7 Å². The third-order valence-corrected chi connectivity index (χ3v) is 3.93. The molecule has 0 saturated carbocycles. The van der Waals surface area contributed by atoms with E-state index in [0.29, 0.717) is 0 Å². The third-order valence-electron chi connectivity index (χ3n) is 3.93. The summed E-state index contributed by atoms with van der Waals surface area (Å²) in [5.74, 6) is -0.484. The Morgan fingerprint density at radius 2 is 1.56 bits per heavy atom. The number of esters is 1. The van der Waals surface area contributed by atoms with E-state index in [-0.39, 0.29) is 18.4 Å². The maximum absolute atomic E-state index is 11.1. The minimum Gasteiger partial charge on any atom is -0.463 e. The SMILES string of the molecule is CCNC(C)=O.O=C(CO)OCC1c2ccccc2-c2ccccc21. The van der Waals surface area contributed by atoms with Gasteiger partial charge in [-0.2, -0.15) is 0 Å². The summed E-state index contributed by atoms with van der Waals surface area (Å²) in [6.07, 6.45) is 0. The Kier molecular flexibility index (Phi) is 6.71. The molecule has 0 bridgehead atoms. The summed E-state index contributed by atoms with van der Waals surface area (Å²) >= 11 is 0. The van der Waals surface area contributed by atoms with Gasteiger partial charge in [-0.15, -0.1) is 0 Å². The first-order valence-corrected chi connectivity index (χ1v) is 8.27. The van der Waals surface area contributed by atoms with E-state index < -0.39 is 12.6 Å². The van der Waals surface area contributed by atoms with Crippen molar-refractivity contribution in [1.82, 2.24) is 5.32 Å². The van der Waals surface area contributed by atoms with Gasteiger partial charge < -0.3 is 15.2 Å². The van der Waals surface area contributed by atoms with E-state index in [9.17, 15) is 9.59 Å². The predicted octanol–water partition coefficient (Wildman–Crippen LogP) is 2.48. The highest BCUT2D eigenvalue weighted by Gasteiger charge is 2.28. The minimum atomic E-state index is -0.582. The molecule has 0 fully saturated rings. The number of benzene rings is 2. The molecule has 0 aliphatic heterocycles. The smallest absolute Gasteiger partial charge is 0.331 e. The van der Waals surface area contributed by atoms with Gasteiger partial charge in [-0.3, -0.25) is 4.79 Å². The van der Waals surface area contributed by atoms with E-state index >= 15 is 0 Å². The van der Waals surface area contributed by atoms with Gasteiger partial charge in [0.2, 0.25) is 5.91 Å².